The molecule has 3 aromatic rings. The highest BCUT2D eigenvalue weighted by atomic mass is 79.9. The average molecular weight is 553 g/mol. The van der Waals surface area contributed by atoms with Gasteiger partial charge in [-0.15, -0.1) is 0 Å². The van der Waals surface area contributed by atoms with Crippen LogP contribution in [0.2, 0.25) is 5.02 Å². The van der Waals surface area contributed by atoms with Crippen LogP contribution in [0, 0.1) is 12.7 Å². The van der Waals surface area contributed by atoms with Gasteiger partial charge in [-0.2, -0.15) is 9.41 Å². The summed E-state index contributed by atoms with van der Waals surface area (Å²) in [6, 6.07) is 17.4. The Bertz CT molecular complexity index is 1260. The predicted octanol–water partition coefficient (Wildman–Crippen LogP) is 4.89. The first-order valence-corrected chi connectivity index (χ1v) is 12.3. The van der Waals surface area contributed by atoms with Crippen LogP contribution >= 0.6 is 27.5 Å². The van der Waals surface area contributed by atoms with Gasteiger partial charge in [-0.05, 0) is 48.9 Å². The lowest BCUT2D eigenvalue weighted by atomic mass is 10.2. The van der Waals surface area contributed by atoms with E-state index in [1.807, 2.05) is 13.0 Å². The van der Waals surface area contributed by atoms with Crippen molar-refractivity contribution in [3.05, 3.63) is 98.7 Å². The maximum Gasteiger partial charge on any atom is 0.255 e. The highest BCUT2D eigenvalue weighted by Gasteiger charge is 2.28. The van der Waals surface area contributed by atoms with E-state index in [1.165, 1.54) is 36.5 Å². The summed E-state index contributed by atoms with van der Waals surface area (Å²) in [4.78, 5) is 12.5. The maximum atomic E-state index is 14.4. The van der Waals surface area contributed by atoms with Crippen molar-refractivity contribution in [2.24, 2.45) is 5.10 Å². The standard InChI is InChI=1S/C23H20BrClFN3O3S/c1-16-8-10-19(11-9-16)33(31,32)29(14-20-21(25)6-3-7-22(20)26)15-23(30)28-27-13-17-4-2-5-18(24)12-17/h2-13H,14-15H2,1H3,(H,28,30)/b27-13-. The number of amides is 1. The summed E-state index contributed by atoms with van der Waals surface area (Å²) in [6.07, 6.45) is 1.43. The number of nitrogens with one attached hydrogen (secondary N) is 1. The lowest BCUT2D eigenvalue weighted by Gasteiger charge is -2.22. The molecule has 0 heterocycles. The fraction of sp³-hybridized carbons (Fsp3) is 0.130. The molecule has 0 spiro atoms. The topological polar surface area (TPSA) is 78.8 Å². The van der Waals surface area contributed by atoms with Crippen LogP contribution in [-0.4, -0.2) is 31.4 Å². The Morgan fingerprint density at radius 1 is 1.15 bits per heavy atom. The van der Waals surface area contributed by atoms with Crippen molar-refractivity contribution in [1.82, 2.24) is 9.73 Å². The Kier molecular flexibility index (Phi) is 8.36. The lowest BCUT2D eigenvalue weighted by Crippen LogP contribution is -2.39. The Labute approximate surface area is 205 Å². The molecule has 0 fully saturated rings. The molecule has 0 bridgehead atoms. The van der Waals surface area contributed by atoms with E-state index in [-0.39, 0.29) is 15.5 Å². The molecule has 0 aliphatic carbocycles. The number of carbonyl (C=O) groups is 1. The average Bonchev–Trinajstić information content (AvgIpc) is 2.76. The minimum Gasteiger partial charge on any atom is -0.272 e. The van der Waals surface area contributed by atoms with Crippen LogP contribution in [0.3, 0.4) is 0 Å². The molecule has 0 saturated heterocycles. The minimum atomic E-state index is -4.14. The predicted molar refractivity (Wildman–Crippen MR) is 130 cm³/mol. The molecule has 3 aromatic carbocycles. The zero-order valence-corrected chi connectivity index (χ0v) is 20.7. The molecule has 172 valence electrons. The summed E-state index contributed by atoms with van der Waals surface area (Å²) >= 11 is 9.45. The zero-order valence-electron chi connectivity index (χ0n) is 17.5. The van der Waals surface area contributed by atoms with Gasteiger partial charge in [0, 0.05) is 21.6 Å². The van der Waals surface area contributed by atoms with Gasteiger partial charge >= 0.3 is 0 Å². The molecule has 0 aliphatic heterocycles. The van der Waals surface area contributed by atoms with Crippen molar-refractivity contribution in [1.29, 1.82) is 0 Å². The smallest absolute Gasteiger partial charge is 0.255 e. The second-order valence-corrected chi connectivity index (χ2v) is 10.4. The third-order valence-electron chi connectivity index (χ3n) is 4.63. The van der Waals surface area contributed by atoms with Gasteiger partial charge in [-0.3, -0.25) is 4.79 Å². The van der Waals surface area contributed by atoms with E-state index >= 15 is 0 Å². The van der Waals surface area contributed by atoms with Crippen LogP contribution < -0.4 is 5.43 Å². The molecule has 6 nitrogen and oxygen atoms in total. The van der Waals surface area contributed by atoms with Crippen LogP contribution in [-0.2, 0) is 21.4 Å². The van der Waals surface area contributed by atoms with Gasteiger partial charge < -0.3 is 0 Å². The molecule has 0 unspecified atom stereocenters. The van der Waals surface area contributed by atoms with E-state index in [0.29, 0.717) is 0 Å². The molecule has 3 rings (SSSR count). The van der Waals surface area contributed by atoms with Crippen molar-refractivity contribution in [3.8, 4) is 0 Å². The molecule has 1 amide bonds. The second kappa shape index (κ2) is 11.0. The van der Waals surface area contributed by atoms with Crippen LogP contribution in [0.1, 0.15) is 16.7 Å². The molecule has 0 atom stereocenters. The summed E-state index contributed by atoms with van der Waals surface area (Å²) in [5.41, 5.74) is 3.88. The van der Waals surface area contributed by atoms with Gasteiger partial charge in [0.15, 0.2) is 0 Å². The van der Waals surface area contributed by atoms with Gasteiger partial charge in [0.2, 0.25) is 10.0 Å². The fourth-order valence-corrected chi connectivity index (χ4v) is 4.91. The first-order valence-electron chi connectivity index (χ1n) is 9.74. The highest BCUT2D eigenvalue weighted by molar-refractivity contribution is 9.10. The molecular formula is C23H20BrClFN3O3S. The van der Waals surface area contributed by atoms with Crippen LogP contribution in [0.5, 0.6) is 0 Å². The van der Waals surface area contributed by atoms with Gasteiger partial charge in [0.05, 0.1) is 17.7 Å². The van der Waals surface area contributed by atoms with Crippen molar-refractivity contribution in [2.45, 2.75) is 18.4 Å². The number of halogens is 3. The molecular weight excluding hydrogens is 533 g/mol. The van der Waals surface area contributed by atoms with Gasteiger partial charge in [0.1, 0.15) is 5.82 Å². The number of hydrogen-bond donors (Lipinski definition) is 1. The van der Waals surface area contributed by atoms with E-state index in [1.54, 1.807) is 30.3 Å². The van der Waals surface area contributed by atoms with Crippen LogP contribution in [0.4, 0.5) is 4.39 Å². The van der Waals surface area contributed by atoms with Crippen molar-refractivity contribution in [3.63, 3.8) is 0 Å². The summed E-state index contributed by atoms with van der Waals surface area (Å²) in [6.45, 7) is 0.811. The number of nitrogens with zero attached hydrogens (tertiary/aromatic N) is 2. The van der Waals surface area contributed by atoms with E-state index in [4.69, 9.17) is 11.6 Å². The molecule has 0 radical (unpaired) electrons. The zero-order chi connectivity index (χ0) is 24.0. The van der Waals surface area contributed by atoms with Gasteiger partial charge in [-0.25, -0.2) is 18.2 Å². The molecule has 0 aromatic heterocycles. The number of carbonyl (C=O) groups excluding carboxylic acids is 1. The van der Waals surface area contributed by atoms with Crippen molar-refractivity contribution < 1.29 is 17.6 Å². The monoisotopic (exact) mass is 551 g/mol. The number of hydrazone groups is 1. The summed E-state index contributed by atoms with van der Waals surface area (Å²) < 4.78 is 42.6. The first kappa shape index (κ1) is 25.0. The van der Waals surface area contributed by atoms with Crippen molar-refractivity contribution in [2.75, 3.05) is 6.54 Å². The van der Waals surface area contributed by atoms with E-state index in [2.05, 4.69) is 26.5 Å². The summed E-state index contributed by atoms with van der Waals surface area (Å²) in [5, 5.41) is 3.94. The Balaban J connectivity index is 1.84. The second-order valence-electron chi connectivity index (χ2n) is 7.13. The summed E-state index contributed by atoms with van der Waals surface area (Å²) in [7, 11) is -4.14. The Morgan fingerprint density at radius 3 is 2.52 bits per heavy atom. The molecule has 33 heavy (non-hydrogen) atoms. The number of benzene rings is 3. The van der Waals surface area contributed by atoms with Gasteiger partial charge in [0.25, 0.3) is 5.91 Å². The number of aryl methyl sites for hydroxylation is 1. The Hall–Kier alpha value is -2.59. The maximum absolute atomic E-state index is 14.4. The normalized spacial score (nSPS) is 11.8. The quantitative estimate of drug-likeness (QED) is 0.319. The minimum absolute atomic E-state index is 0.0222. The summed E-state index contributed by atoms with van der Waals surface area (Å²) in [5.74, 6) is -1.36. The van der Waals surface area contributed by atoms with Crippen LogP contribution in [0.15, 0.2) is 81.2 Å². The largest absolute Gasteiger partial charge is 0.272 e. The fourth-order valence-electron chi connectivity index (χ4n) is 2.91. The Morgan fingerprint density at radius 2 is 1.85 bits per heavy atom. The molecule has 10 heteroatoms. The lowest BCUT2D eigenvalue weighted by molar-refractivity contribution is -0.121. The SMILES string of the molecule is Cc1ccc(S(=O)(=O)N(CC(=O)N/N=C\c2cccc(Br)c2)Cc2c(F)cccc2Cl)cc1. The highest BCUT2D eigenvalue weighted by Crippen LogP contribution is 2.24. The van der Waals surface area contributed by atoms with Gasteiger partial charge in [-0.1, -0.05) is 63.4 Å². The van der Waals surface area contributed by atoms with E-state index < -0.39 is 34.8 Å². The third kappa shape index (κ3) is 6.70. The molecule has 0 aliphatic rings. The van der Waals surface area contributed by atoms with E-state index in [9.17, 15) is 17.6 Å². The number of rotatable bonds is 8. The molecule has 0 saturated carbocycles. The molecule has 1 N–H and O–H groups in total. The van der Waals surface area contributed by atoms with E-state index in [0.717, 1.165) is 19.9 Å². The third-order valence-corrected chi connectivity index (χ3v) is 7.28. The van der Waals surface area contributed by atoms with Crippen molar-refractivity contribution >= 4 is 49.7 Å². The number of sulfonamides is 1. The number of hydrogen-bond acceptors (Lipinski definition) is 4. The van der Waals surface area contributed by atoms with Crippen LogP contribution in [0.25, 0.3) is 0 Å². The first-order chi connectivity index (χ1) is 15.7.